The van der Waals surface area contributed by atoms with Crippen LogP contribution >= 0.6 is 31.9 Å². The summed E-state index contributed by atoms with van der Waals surface area (Å²) in [7, 11) is 0. The first-order valence-electron chi connectivity index (χ1n) is 4.32. The molecule has 1 aliphatic carbocycles. The highest BCUT2D eigenvalue weighted by atomic mass is 79.9. The number of halogens is 2. The Kier molecular flexibility index (Phi) is 3.45. The van der Waals surface area contributed by atoms with Gasteiger partial charge in [0.05, 0.1) is 0 Å². The Labute approximate surface area is 86.4 Å². The van der Waals surface area contributed by atoms with Gasteiger partial charge in [0, 0.05) is 9.65 Å². The maximum Gasteiger partial charge on any atom is 0.0299 e. The number of hydrogen-bond donors (Lipinski definition) is 0. The van der Waals surface area contributed by atoms with Crippen molar-refractivity contribution in [3.05, 3.63) is 0 Å². The average Bonchev–Trinajstić information content (AvgIpc) is 1.97. The summed E-state index contributed by atoms with van der Waals surface area (Å²) in [6.07, 6.45) is 1.31. The number of alkyl halides is 2. The maximum absolute atomic E-state index is 3.74. The highest BCUT2D eigenvalue weighted by molar-refractivity contribution is 9.12. The molecule has 66 valence electrons. The van der Waals surface area contributed by atoms with Crippen molar-refractivity contribution in [2.24, 2.45) is 17.8 Å². The van der Waals surface area contributed by atoms with Crippen molar-refractivity contribution in [1.82, 2.24) is 0 Å². The van der Waals surface area contributed by atoms with Crippen LogP contribution in [0.1, 0.15) is 27.2 Å². The summed E-state index contributed by atoms with van der Waals surface area (Å²) in [6, 6.07) is 0. The molecule has 0 unspecified atom stereocenters. The van der Waals surface area contributed by atoms with Gasteiger partial charge in [-0.2, -0.15) is 0 Å². The van der Waals surface area contributed by atoms with Crippen LogP contribution < -0.4 is 0 Å². The van der Waals surface area contributed by atoms with Gasteiger partial charge in [0.15, 0.2) is 0 Å². The van der Waals surface area contributed by atoms with E-state index in [1.807, 2.05) is 0 Å². The topological polar surface area (TPSA) is 0 Å². The first-order valence-corrected chi connectivity index (χ1v) is 6.15. The molecular weight excluding hydrogens is 268 g/mol. The molecule has 0 bridgehead atoms. The molecular formula is C9H16Br2. The first-order chi connectivity index (χ1) is 5.04. The third-order valence-electron chi connectivity index (χ3n) is 3.17. The minimum Gasteiger partial charge on any atom is -0.0878 e. The Bertz CT molecular complexity index is 122. The lowest BCUT2D eigenvalue weighted by atomic mass is 9.75. The molecule has 0 spiro atoms. The minimum absolute atomic E-state index is 0.661. The van der Waals surface area contributed by atoms with Gasteiger partial charge in [-0.05, 0) is 24.2 Å². The summed E-state index contributed by atoms with van der Waals surface area (Å²) in [5.41, 5.74) is 0. The minimum atomic E-state index is 0.661. The Hall–Kier alpha value is 0.960. The quantitative estimate of drug-likeness (QED) is 0.593. The second-order valence-electron chi connectivity index (χ2n) is 3.89. The summed E-state index contributed by atoms with van der Waals surface area (Å²) >= 11 is 7.46. The van der Waals surface area contributed by atoms with Gasteiger partial charge >= 0.3 is 0 Å². The van der Waals surface area contributed by atoms with Crippen LogP contribution in [0, 0.1) is 17.8 Å². The van der Waals surface area contributed by atoms with E-state index in [1.54, 1.807) is 0 Å². The van der Waals surface area contributed by atoms with Crippen molar-refractivity contribution in [3.63, 3.8) is 0 Å². The van der Waals surface area contributed by atoms with Crippen molar-refractivity contribution in [3.8, 4) is 0 Å². The van der Waals surface area contributed by atoms with Crippen molar-refractivity contribution < 1.29 is 0 Å². The molecule has 1 aliphatic rings. The fourth-order valence-corrected chi connectivity index (χ4v) is 3.61. The monoisotopic (exact) mass is 282 g/mol. The SMILES string of the molecule is C[C@@H]1[C@H](C)[C@@H](C)C[C@@H](Br)[C@@H]1Br. The molecule has 0 aliphatic heterocycles. The highest BCUT2D eigenvalue weighted by Crippen LogP contribution is 2.41. The molecule has 0 aromatic carbocycles. The summed E-state index contributed by atoms with van der Waals surface area (Å²) in [5.74, 6) is 2.51. The Morgan fingerprint density at radius 2 is 1.55 bits per heavy atom. The largest absolute Gasteiger partial charge is 0.0878 e. The van der Waals surface area contributed by atoms with Gasteiger partial charge in [-0.3, -0.25) is 0 Å². The zero-order valence-corrected chi connectivity index (χ0v) is 10.5. The lowest BCUT2D eigenvalue weighted by Gasteiger charge is -2.39. The summed E-state index contributed by atoms with van der Waals surface area (Å²) in [4.78, 5) is 1.33. The van der Waals surface area contributed by atoms with E-state index in [0.717, 1.165) is 17.8 Å². The van der Waals surface area contributed by atoms with Crippen LogP contribution in [0.5, 0.6) is 0 Å². The van der Waals surface area contributed by atoms with Crippen LogP contribution in [0.2, 0.25) is 0 Å². The number of rotatable bonds is 0. The third-order valence-corrected chi connectivity index (χ3v) is 6.30. The van der Waals surface area contributed by atoms with E-state index in [9.17, 15) is 0 Å². The zero-order chi connectivity index (χ0) is 8.59. The van der Waals surface area contributed by atoms with Crippen LogP contribution in [-0.4, -0.2) is 9.65 Å². The smallest absolute Gasteiger partial charge is 0.0299 e. The molecule has 11 heavy (non-hydrogen) atoms. The van der Waals surface area contributed by atoms with Crippen LogP contribution in [0.15, 0.2) is 0 Å². The van der Waals surface area contributed by atoms with E-state index in [0.29, 0.717) is 9.65 Å². The molecule has 0 aromatic heterocycles. The molecule has 0 saturated heterocycles. The summed E-state index contributed by atoms with van der Waals surface area (Å²) in [6.45, 7) is 7.06. The van der Waals surface area contributed by atoms with Gasteiger partial charge in [0.2, 0.25) is 0 Å². The predicted molar refractivity (Wildman–Crippen MR) is 57.5 cm³/mol. The molecule has 1 saturated carbocycles. The standard InChI is InChI=1S/C9H16Br2/c1-5-4-8(10)9(11)7(3)6(5)2/h5-9H,4H2,1-3H3/t5-,6+,7+,8+,9+/m0/s1. The highest BCUT2D eigenvalue weighted by Gasteiger charge is 2.35. The van der Waals surface area contributed by atoms with E-state index >= 15 is 0 Å². The fraction of sp³-hybridized carbons (Fsp3) is 1.00. The van der Waals surface area contributed by atoms with E-state index in [4.69, 9.17) is 0 Å². The Balaban J connectivity index is 2.63. The van der Waals surface area contributed by atoms with E-state index < -0.39 is 0 Å². The molecule has 2 heteroatoms. The van der Waals surface area contributed by atoms with Crippen molar-refractivity contribution in [1.29, 1.82) is 0 Å². The first kappa shape index (κ1) is 10.0. The van der Waals surface area contributed by atoms with Crippen LogP contribution in [0.4, 0.5) is 0 Å². The second kappa shape index (κ2) is 3.78. The van der Waals surface area contributed by atoms with E-state index in [2.05, 4.69) is 52.6 Å². The van der Waals surface area contributed by atoms with Crippen molar-refractivity contribution in [2.45, 2.75) is 36.8 Å². The van der Waals surface area contributed by atoms with Gasteiger partial charge in [-0.1, -0.05) is 52.6 Å². The van der Waals surface area contributed by atoms with Crippen LogP contribution in [0.25, 0.3) is 0 Å². The van der Waals surface area contributed by atoms with Crippen molar-refractivity contribution in [2.75, 3.05) is 0 Å². The predicted octanol–water partition coefficient (Wildman–Crippen LogP) is 3.83. The molecule has 5 atom stereocenters. The molecule has 0 heterocycles. The Morgan fingerprint density at radius 3 is 2.09 bits per heavy atom. The van der Waals surface area contributed by atoms with E-state index in [1.165, 1.54) is 6.42 Å². The second-order valence-corrected chi connectivity index (χ2v) is 6.13. The normalized spacial score (nSPS) is 52.6. The lowest BCUT2D eigenvalue weighted by molar-refractivity contribution is 0.215. The lowest BCUT2D eigenvalue weighted by Crippen LogP contribution is -2.37. The van der Waals surface area contributed by atoms with Gasteiger partial charge in [-0.25, -0.2) is 0 Å². The summed E-state index contributed by atoms with van der Waals surface area (Å²) < 4.78 is 0. The molecule has 1 fully saturated rings. The van der Waals surface area contributed by atoms with E-state index in [-0.39, 0.29) is 0 Å². The van der Waals surface area contributed by atoms with Crippen LogP contribution in [-0.2, 0) is 0 Å². The molecule has 0 nitrogen and oxygen atoms in total. The zero-order valence-electron chi connectivity index (χ0n) is 7.35. The van der Waals surface area contributed by atoms with Gasteiger partial charge in [0.25, 0.3) is 0 Å². The number of hydrogen-bond acceptors (Lipinski definition) is 0. The molecule has 0 N–H and O–H groups in total. The van der Waals surface area contributed by atoms with Gasteiger partial charge in [0.1, 0.15) is 0 Å². The fourth-order valence-electron chi connectivity index (χ4n) is 1.84. The van der Waals surface area contributed by atoms with Crippen molar-refractivity contribution >= 4 is 31.9 Å². The molecule has 0 amide bonds. The third kappa shape index (κ3) is 2.00. The van der Waals surface area contributed by atoms with Gasteiger partial charge < -0.3 is 0 Å². The maximum atomic E-state index is 3.74. The molecule has 0 radical (unpaired) electrons. The van der Waals surface area contributed by atoms with Gasteiger partial charge in [-0.15, -0.1) is 0 Å². The average molecular weight is 284 g/mol. The summed E-state index contributed by atoms with van der Waals surface area (Å²) in [5, 5.41) is 0. The molecule has 0 aromatic rings. The molecule has 1 rings (SSSR count). The van der Waals surface area contributed by atoms with Crippen LogP contribution in [0.3, 0.4) is 0 Å². The Morgan fingerprint density at radius 1 is 1.00 bits per heavy atom.